The van der Waals surface area contributed by atoms with Gasteiger partial charge in [0.15, 0.2) is 11.8 Å². The number of urea groups is 1. The first-order valence-electron chi connectivity index (χ1n) is 6.74. The predicted octanol–water partition coefficient (Wildman–Crippen LogP) is 1.28. The van der Waals surface area contributed by atoms with Crippen molar-refractivity contribution in [2.75, 3.05) is 13.1 Å². The lowest BCUT2D eigenvalue weighted by Crippen LogP contribution is -2.40. The van der Waals surface area contributed by atoms with Crippen LogP contribution in [0.1, 0.15) is 12.8 Å². The molecule has 0 fully saturated rings. The molecule has 1 aromatic heterocycles. The Balaban J connectivity index is 1.55. The predicted molar refractivity (Wildman–Crippen MR) is 71.2 cm³/mol. The third-order valence-electron chi connectivity index (χ3n) is 2.96. The third-order valence-corrected chi connectivity index (χ3v) is 2.96. The standard InChI is InChI=1S/C12H16F3N5O2/c13-12(14,15)10-7-9(22-19-10)8-17-11(21)16-3-1-5-20-6-2-4-18-20/h2,4,6,9H,1,3,5,7-8H2,(H2,16,17,21). The van der Waals surface area contributed by atoms with Crippen LogP contribution in [0.4, 0.5) is 18.0 Å². The lowest BCUT2D eigenvalue weighted by Gasteiger charge is -2.11. The zero-order valence-electron chi connectivity index (χ0n) is 11.6. The molecule has 0 radical (unpaired) electrons. The molecule has 1 unspecified atom stereocenters. The van der Waals surface area contributed by atoms with Gasteiger partial charge in [0.2, 0.25) is 0 Å². The molecule has 0 aliphatic carbocycles. The van der Waals surface area contributed by atoms with Crippen LogP contribution in [-0.4, -0.2) is 46.9 Å². The second kappa shape index (κ2) is 7.14. The number of alkyl halides is 3. The Hall–Kier alpha value is -2.26. The number of amides is 2. The van der Waals surface area contributed by atoms with Crippen molar-refractivity contribution in [3.8, 4) is 0 Å². The summed E-state index contributed by atoms with van der Waals surface area (Å²) in [6, 6.07) is 1.35. The smallest absolute Gasteiger partial charge is 0.390 e. The van der Waals surface area contributed by atoms with Crippen molar-refractivity contribution in [2.45, 2.75) is 31.7 Å². The minimum atomic E-state index is -4.48. The highest BCUT2D eigenvalue weighted by atomic mass is 19.4. The van der Waals surface area contributed by atoms with Crippen molar-refractivity contribution in [1.29, 1.82) is 0 Å². The van der Waals surface area contributed by atoms with Gasteiger partial charge in [-0.3, -0.25) is 4.68 Å². The molecule has 22 heavy (non-hydrogen) atoms. The van der Waals surface area contributed by atoms with Gasteiger partial charge in [-0.15, -0.1) is 0 Å². The van der Waals surface area contributed by atoms with E-state index in [-0.39, 0.29) is 13.0 Å². The number of carbonyl (C=O) groups is 1. The number of aromatic nitrogens is 2. The van der Waals surface area contributed by atoms with Crippen molar-refractivity contribution in [3.63, 3.8) is 0 Å². The van der Waals surface area contributed by atoms with Crippen LogP contribution >= 0.6 is 0 Å². The summed E-state index contributed by atoms with van der Waals surface area (Å²) >= 11 is 0. The summed E-state index contributed by atoms with van der Waals surface area (Å²) in [5.41, 5.74) is -0.959. The van der Waals surface area contributed by atoms with E-state index in [1.165, 1.54) is 0 Å². The fourth-order valence-corrected chi connectivity index (χ4v) is 1.85. The summed E-state index contributed by atoms with van der Waals surface area (Å²) in [5, 5.41) is 12.1. The van der Waals surface area contributed by atoms with Crippen molar-refractivity contribution in [3.05, 3.63) is 18.5 Å². The maximum Gasteiger partial charge on any atom is 0.432 e. The van der Waals surface area contributed by atoms with E-state index in [9.17, 15) is 18.0 Å². The Kier molecular flexibility index (Phi) is 5.23. The molecule has 2 amide bonds. The summed E-state index contributed by atoms with van der Waals surface area (Å²) in [7, 11) is 0. The van der Waals surface area contributed by atoms with Gasteiger partial charge in [0.1, 0.15) is 0 Å². The molecule has 1 aromatic rings. The highest BCUT2D eigenvalue weighted by Gasteiger charge is 2.41. The summed E-state index contributed by atoms with van der Waals surface area (Å²) in [4.78, 5) is 16.1. The molecular weight excluding hydrogens is 303 g/mol. The van der Waals surface area contributed by atoms with Crippen molar-refractivity contribution < 1.29 is 22.8 Å². The maximum absolute atomic E-state index is 12.3. The second-order valence-corrected chi connectivity index (χ2v) is 4.73. The molecule has 0 aromatic carbocycles. The molecule has 2 N–H and O–H groups in total. The molecule has 2 heterocycles. The second-order valence-electron chi connectivity index (χ2n) is 4.73. The van der Waals surface area contributed by atoms with Crippen LogP contribution in [0.2, 0.25) is 0 Å². The Morgan fingerprint density at radius 2 is 2.27 bits per heavy atom. The van der Waals surface area contributed by atoms with Gasteiger partial charge >= 0.3 is 12.2 Å². The lowest BCUT2D eigenvalue weighted by molar-refractivity contribution is -0.0604. The third kappa shape index (κ3) is 4.93. The van der Waals surface area contributed by atoms with Crippen LogP contribution < -0.4 is 10.6 Å². The van der Waals surface area contributed by atoms with Crippen molar-refractivity contribution >= 4 is 11.7 Å². The van der Waals surface area contributed by atoms with Gasteiger partial charge in [0.05, 0.1) is 6.54 Å². The average Bonchev–Trinajstić information content (AvgIpc) is 3.11. The van der Waals surface area contributed by atoms with Gasteiger partial charge in [0, 0.05) is 31.9 Å². The Morgan fingerprint density at radius 3 is 2.91 bits per heavy atom. The molecule has 10 heteroatoms. The first kappa shape index (κ1) is 16.1. The van der Waals surface area contributed by atoms with E-state index in [1.807, 2.05) is 6.20 Å². The van der Waals surface area contributed by atoms with Crippen LogP contribution in [0, 0.1) is 0 Å². The van der Waals surface area contributed by atoms with Gasteiger partial charge in [-0.25, -0.2) is 4.79 Å². The molecule has 0 bridgehead atoms. The van der Waals surface area contributed by atoms with Crippen LogP contribution in [0.5, 0.6) is 0 Å². The van der Waals surface area contributed by atoms with Gasteiger partial charge in [-0.05, 0) is 12.5 Å². The maximum atomic E-state index is 12.3. The fraction of sp³-hybridized carbons (Fsp3) is 0.583. The topological polar surface area (TPSA) is 80.5 Å². The summed E-state index contributed by atoms with van der Waals surface area (Å²) < 4.78 is 38.8. The van der Waals surface area contributed by atoms with Gasteiger partial charge < -0.3 is 15.5 Å². The quantitative estimate of drug-likeness (QED) is 0.775. The number of nitrogens with one attached hydrogen (secondary N) is 2. The minimum Gasteiger partial charge on any atom is -0.390 e. The molecule has 0 saturated heterocycles. The van der Waals surface area contributed by atoms with E-state index in [0.717, 1.165) is 0 Å². The first-order chi connectivity index (χ1) is 10.4. The molecule has 1 aliphatic rings. The van der Waals surface area contributed by atoms with E-state index in [4.69, 9.17) is 0 Å². The van der Waals surface area contributed by atoms with Crippen LogP contribution in [-0.2, 0) is 11.4 Å². The highest BCUT2D eigenvalue weighted by molar-refractivity contribution is 5.90. The molecule has 1 atom stereocenters. The molecule has 1 aliphatic heterocycles. The minimum absolute atomic E-state index is 0.0337. The average molecular weight is 319 g/mol. The van der Waals surface area contributed by atoms with E-state index in [0.29, 0.717) is 19.5 Å². The first-order valence-corrected chi connectivity index (χ1v) is 6.74. The van der Waals surface area contributed by atoms with Crippen molar-refractivity contribution in [1.82, 2.24) is 20.4 Å². The molecule has 122 valence electrons. The number of aryl methyl sites for hydroxylation is 1. The number of oxime groups is 1. The van der Waals surface area contributed by atoms with E-state index < -0.39 is 24.0 Å². The Bertz CT molecular complexity index is 515. The van der Waals surface area contributed by atoms with Gasteiger partial charge in [-0.1, -0.05) is 5.16 Å². The van der Waals surface area contributed by atoms with Gasteiger partial charge in [0.25, 0.3) is 0 Å². The Morgan fingerprint density at radius 1 is 1.45 bits per heavy atom. The number of rotatable bonds is 6. The molecule has 0 saturated carbocycles. The van der Waals surface area contributed by atoms with E-state index >= 15 is 0 Å². The van der Waals surface area contributed by atoms with Crippen LogP contribution in [0.3, 0.4) is 0 Å². The number of carbonyl (C=O) groups excluding carboxylic acids is 1. The number of hydrogen-bond acceptors (Lipinski definition) is 4. The zero-order chi connectivity index (χ0) is 16.0. The molecule has 0 spiro atoms. The SMILES string of the molecule is O=C(NCCCn1cccn1)NCC1CC(C(F)(F)F)=NO1. The molecular formula is C12H16F3N5O2. The lowest BCUT2D eigenvalue weighted by atomic mass is 10.2. The van der Waals surface area contributed by atoms with Gasteiger partial charge in [-0.2, -0.15) is 18.3 Å². The Labute approximate surface area is 124 Å². The monoisotopic (exact) mass is 319 g/mol. The fourth-order valence-electron chi connectivity index (χ4n) is 1.85. The largest absolute Gasteiger partial charge is 0.432 e. The highest BCUT2D eigenvalue weighted by Crippen LogP contribution is 2.25. The van der Waals surface area contributed by atoms with Crippen molar-refractivity contribution in [2.24, 2.45) is 5.16 Å². The van der Waals surface area contributed by atoms with Crippen LogP contribution in [0.25, 0.3) is 0 Å². The summed E-state index contributed by atoms with van der Waals surface area (Å²) in [6.45, 7) is 1.07. The normalized spacial score (nSPS) is 17.8. The number of nitrogens with zero attached hydrogens (tertiary/aromatic N) is 3. The van der Waals surface area contributed by atoms with Crippen LogP contribution in [0.15, 0.2) is 23.6 Å². The van der Waals surface area contributed by atoms with E-state index in [2.05, 4.69) is 25.7 Å². The molecule has 7 nitrogen and oxygen atoms in total. The number of hydrogen-bond donors (Lipinski definition) is 2. The zero-order valence-corrected chi connectivity index (χ0v) is 11.6. The molecule has 2 rings (SSSR count). The summed E-state index contributed by atoms with van der Waals surface area (Å²) in [5.74, 6) is 0. The van der Waals surface area contributed by atoms with E-state index in [1.54, 1.807) is 16.9 Å². The summed E-state index contributed by atoms with van der Waals surface area (Å²) in [6.07, 6.45) is -1.45. The number of halogens is 3.